The van der Waals surface area contributed by atoms with E-state index in [1.54, 1.807) is 0 Å². The second kappa shape index (κ2) is 9.78. The Morgan fingerprint density at radius 2 is 1.22 bits per heavy atom. The first-order valence-electron chi connectivity index (χ1n) is 11.4. The van der Waals surface area contributed by atoms with Crippen LogP contribution in [-0.2, 0) is 12.4 Å². The van der Waals surface area contributed by atoms with E-state index in [9.17, 15) is 35.9 Å². The normalized spacial score (nSPS) is 22.1. The van der Waals surface area contributed by atoms with Crippen molar-refractivity contribution < 1.29 is 35.9 Å². The van der Waals surface area contributed by atoms with Crippen molar-refractivity contribution in [3.8, 4) is 0 Å². The molecule has 196 valence electrons. The van der Waals surface area contributed by atoms with E-state index < -0.39 is 40.7 Å². The molecule has 3 rings (SSSR count). The maximum absolute atomic E-state index is 12.8. The molecule has 10 heteroatoms. The minimum atomic E-state index is -4.49. The van der Waals surface area contributed by atoms with Crippen LogP contribution in [0.3, 0.4) is 0 Å². The van der Waals surface area contributed by atoms with Gasteiger partial charge in [0.25, 0.3) is 11.8 Å². The van der Waals surface area contributed by atoms with Gasteiger partial charge < -0.3 is 10.6 Å². The van der Waals surface area contributed by atoms with Crippen LogP contribution in [0.1, 0.15) is 71.9 Å². The molecule has 36 heavy (non-hydrogen) atoms. The van der Waals surface area contributed by atoms with Gasteiger partial charge in [-0.1, -0.05) is 20.8 Å². The van der Waals surface area contributed by atoms with Gasteiger partial charge in [0.05, 0.1) is 11.1 Å². The minimum Gasteiger partial charge on any atom is -0.351 e. The largest absolute Gasteiger partial charge is 0.416 e. The van der Waals surface area contributed by atoms with Gasteiger partial charge in [-0.2, -0.15) is 26.3 Å². The first kappa shape index (κ1) is 27.5. The van der Waals surface area contributed by atoms with Gasteiger partial charge in [-0.3, -0.25) is 9.59 Å². The summed E-state index contributed by atoms with van der Waals surface area (Å²) in [5, 5.41) is 5.70. The van der Waals surface area contributed by atoms with Crippen LogP contribution in [0, 0.1) is 10.8 Å². The van der Waals surface area contributed by atoms with Crippen LogP contribution in [0.4, 0.5) is 26.3 Å². The summed E-state index contributed by atoms with van der Waals surface area (Å²) in [4.78, 5) is 25.3. The van der Waals surface area contributed by atoms with Crippen LogP contribution in [0.15, 0.2) is 48.5 Å². The Kier molecular flexibility index (Phi) is 7.49. The molecule has 1 aliphatic carbocycles. The number of amides is 2. The Morgan fingerprint density at radius 3 is 1.67 bits per heavy atom. The van der Waals surface area contributed by atoms with Crippen LogP contribution in [-0.4, -0.2) is 24.4 Å². The molecule has 0 aliphatic heterocycles. The molecule has 2 N–H and O–H groups in total. The highest BCUT2D eigenvalue weighted by atomic mass is 19.4. The summed E-state index contributed by atoms with van der Waals surface area (Å²) >= 11 is 0. The van der Waals surface area contributed by atoms with Crippen LogP contribution in [0.5, 0.6) is 0 Å². The lowest BCUT2D eigenvalue weighted by atomic mass is 9.62. The maximum atomic E-state index is 12.8. The summed E-state index contributed by atoms with van der Waals surface area (Å²) in [6.07, 6.45) is -7.11. The number of hydrogen-bond acceptors (Lipinski definition) is 2. The summed E-state index contributed by atoms with van der Waals surface area (Å²) in [6, 6.07) is 7.67. The summed E-state index contributed by atoms with van der Waals surface area (Å²) in [5.74, 6) is -0.985. The van der Waals surface area contributed by atoms with Crippen LogP contribution >= 0.6 is 0 Å². The molecule has 1 fully saturated rings. The third-order valence-corrected chi connectivity index (χ3v) is 6.40. The topological polar surface area (TPSA) is 58.2 Å². The smallest absolute Gasteiger partial charge is 0.351 e. The molecule has 0 radical (unpaired) electrons. The van der Waals surface area contributed by atoms with Gasteiger partial charge in [-0.25, -0.2) is 0 Å². The van der Waals surface area contributed by atoms with Crippen LogP contribution in [0.25, 0.3) is 0 Å². The second-order valence-electron chi connectivity index (χ2n) is 10.6. The summed E-state index contributed by atoms with van der Waals surface area (Å²) in [7, 11) is 0. The minimum absolute atomic E-state index is 0.105. The number of nitrogens with one attached hydrogen (secondary N) is 2. The SMILES string of the molecule is CC1(C)C[C@@H](NC(=O)c2ccc(C(F)(F)F)cc2)C[C@@](C)(CNC(=O)c2ccc(C(F)(F)F)cc2)C1. The van der Waals surface area contributed by atoms with Gasteiger partial charge in [0.15, 0.2) is 0 Å². The standard InChI is InChI=1S/C26H28F6N2O2/c1-23(2)12-20(34-22(36)17-6-10-19(11-7-17)26(30,31)32)13-24(3,14-23)15-33-21(35)16-4-8-18(9-5-16)25(27,28)29/h4-11,20H,12-15H2,1-3H3,(H,33,35)(H,34,36)/t20-,24-/m1/s1. The third-order valence-electron chi connectivity index (χ3n) is 6.40. The van der Waals surface area contributed by atoms with E-state index in [0.29, 0.717) is 12.8 Å². The zero-order chi connectivity index (χ0) is 26.9. The molecule has 0 bridgehead atoms. The lowest BCUT2D eigenvalue weighted by molar-refractivity contribution is -0.138. The van der Waals surface area contributed by atoms with E-state index in [2.05, 4.69) is 10.6 Å². The fraction of sp³-hybridized carbons (Fsp3) is 0.462. The molecule has 2 aromatic carbocycles. The average Bonchev–Trinajstić information content (AvgIpc) is 2.75. The van der Waals surface area contributed by atoms with Crippen LogP contribution in [0.2, 0.25) is 0 Å². The Balaban J connectivity index is 1.64. The van der Waals surface area contributed by atoms with E-state index in [-0.39, 0.29) is 29.1 Å². The fourth-order valence-corrected chi connectivity index (χ4v) is 5.16. The number of rotatable bonds is 5. The molecule has 0 unspecified atom stereocenters. The molecular formula is C26H28F6N2O2. The van der Waals surface area contributed by atoms with Gasteiger partial charge >= 0.3 is 12.4 Å². The molecule has 0 saturated heterocycles. The molecular weight excluding hydrogens is 486 g/mol. The molecule has 0 heterocycles. The number of benzene rings is 2. The predicted molar refractivity (Wildman–Crippen MR) is 122 cm³/mol. The molecule has 0 spiro atoms. The van der Waals surface area contributed by atoms with Gasteiger partial charge in [0.2, 0.25) is 0 Å². The predicted octanol–water partition coefficient (Wildman–Crippen LogP) is 6.47. The number of alkyl halides is 6. The summed E-state index contributed by atoms with van der Waals surface area (Å²) in [6.45, 7) is 6.25. The molecule has 2 atom stereocenters. The van der Waals surface area contributed by atoms with Crippen molar-refractivity contribution in [3.63, 3.8) is 0 Å². The van der Waals surface area contributed by atoms with Crippen LogP contribution < -0.4 is 10.6 Å². The van der Waals surface area contributed by atoms with E-state index >= 15 is 0 Å². The Morgan fingerprint density at radius 1 is 0.778 bits per heavy atom. The summed E-state index contributed by atoms with van der Waals surface area (Å²) < 4.78 is 76.7. The van der Waals surface area contributed by atoms with E-state index in [1.165, 1.54) is 0 Å². The van der Waals surface area contributed by atoms with Crippen molar-refractivity contribution >= 4 is 11.8 Å². The van der Waals surface area contributed by atoms with E-state index in [1.807, 2.05) is 20.8 Å². The summed E-state index contributed by atoms with van der Waals surface area (Å²) in [5.41, 5.74) is -2.09. The molecule has 2 aromatic rings. The Hall–Kier alpha value is -3.04. The number of hydrogen-bond donors (Lipinski definition) is 2. The third kappa shape index (κ3) is 7.01. The number of carbonyl (C=O) groups excluding carboxylic acids is 2. The zero-order valence-electron chi connectivity index (χ0n) is 20.1. The van der Waals surface area contributed by atoms with Gasteiger partial charge in [0.1, 0.15) is 0 Å². The van der Waals surface area contributed by atoms with Crippen molar-refractivity contribution in [1.82, 2.24) is 10.6 Å². The second-order valence-corrected chi connectivity index (χ2v) is 10.6. The quantitative estimate of drug-likeness (QED) is 0.450. The van der Waals surface area contributed by atoms with E-state index in [0.717, 1.165) is 55.0 Å². The van der Waals surface area contributed by atoms with Crippen molar-refractivity contribution in [3.05, 3.63) is 70.8 Å². The lowest BCUT2D eigenvalue weighted by Crippen LogP contribution is -2.50. The molecule has 0 aromatic heterocycles. The maximum Gasteiger partial charge on any atom is 0.416 e. The van der Waals surface area contributed by atoms with Gasteiger partial charge in [-0.05, 0) is 78.6 Å². The van der Waals surface area contributed by atoms with Gasteiger partial charge in [0, 0.05) is 23.7 Å². The Labute approximate surface area is 205 Å². The lowest BCUT2D eigenvalue weighted by Gasteiger charge is -2.47. The average molecular weight is 515 g/mol. The molecule has 2 amide bonds. The first-order valence-corrected chi connectivity index (χ1v) is 11.4. The van der Waals surface area contributed by atoms with Crippen molar-refractivity contribution in [2.45, 2.75) is 58.4 Å². The number of carbonyl (C=O) groups is 2. The van der Waals surface area contributed by atoms with Gasteiger partial charge in [-0.15, -0.1) is 0 Å². The highest BCUT2D eigenvalue weighted by Crippen LogP contribution is 2.46. The fourth-order valence-electron chi connectivity index (χ4n) is 5.16. The highest BCUT2D eigenvalue weighted by Gasteiger charge is 2.42. The Bertz CT molecular complexity index is 1090. The molecule has 4 nitrogen and oxygen atoms in total. The molecule has 1 aliphatic rings. The zero-order valence-corrected chi connectivity index (χ0v) is 20.1. The monoisotopic (exact) mass is 514 g/mol. The van der Waals surface area contributed by atoms with Crippen molar-refractivity contribution in [2.24, 2.45) is 10.8 Å². The molecule has 1 saturated carbocycles. The van der Waals surface area contributed by atoms with Crippen molar-refractivity contribution in [1.29, 1.82) is 0 Å². The number of halogens is 6. The van der Waals surface area contributed by atoms with Crippen molar-refractivity contribution in [2.75, 3.05) is 6.54 Å². The highest BCUT2D eigenvalue weighted by molar-refractivity contribution is 5.95. The first-order chi connectivity index (χ1) is 16.5. The van der Waals surface area contributed by atoms with E-state index in [4.69, 9.17) is 0 Å².